The smallest absolute Gasteiger partial charge is 0.416 e. The van der Waals surface area contributed by atoms with Crippen molar-refractivity contribution in [3.63, 3.8) is 0 Å². The molecule has 0 unspecified atom stereocenters. The maximum atomic E-state index is 15.4. The van der Waals surface area contributed by atoms with Crippen molar-refractivity contribution in [3.8, 4) is 17.2 Å². The van der Waals surface area contributed by atoms with Crippen LogP contribution in [0.1, 0.15) is 74.5 Å². The Morgan fingerprint density at radius 2 is 1.64 bits per heavy atom. The van der Waals surface area contributed by atoms with Crippen LogP contribution in [0.2, 0.25) is 0 Å². The third-order valence-corrected chi connectivity index (χ3v) is 13.5. The number of carbonyl (C=O) groups is 2. The van der Waals surface area contributed by atoms with Crippen LogP contribution in [0.5, 0.6) is 17.2 Å². The molecule has 70 heavy (non-hydrogen) atoms. The molecule has 1 aliphatic heterocycles. The van der Waals surface area contributed by atoms with Gasteiger partial charge in [0, 0.05) is 49.8 Å². The van der Waals surface area contributed by atoms with Crippen molar-refractivity contribution < 1.29 is 48.5 Å². The fourth-order valence-corrected chi connectivity index (χ4v) is 10.5. The molecule has 3 aliphatic rings. The fraction of sp³-hybridized carbons (Fsp3) is 0.364. The molecule has 1 fully saturated rings. The molecule has 1 saturated carbocycles. The van der Waals surface area contributed by atoms with E-state index in [4.69, 9.17) is 28.9 Å². The third kappa shape index (κ3) is 10.9. The average molecular weight is 953 g/mol. The van der Waals surface area contributed by atoms with E-state index in [1.165, 1.54) is 24.3 Å². The van der Waals surface area contributed by atoms with Gasteiger partial charge in [0.05, 0.1) is 29.7 Å². The lowest BCUT2D eigenvalue weighted by Gasteiger charge is -2.59. The van der Waals surface area contributed by atoms with E-state index in [1.54, 1.807) is 23.1 Å². The molecule has 0 aromatic heterocycles. The van der Waals surface area contributed by atoms with Crippen LogP contribution in [0, 0.1) is 27.9 Å². The van der Waals surface area contributed by atoms with Crippen molar-refractivity contribution in [2.45, 2.75) is 82.8 Å². The predicted octanol–water partition coefficient (Wildman–Crippen LogP) is 10.4. The largest absolute Gasteiger partial charge is 0.459 e. The highest BCUT2D eigenvalue weighted by Gasteiger charge is 2.66. The van der Waals surface area contributed by atoms with Crippen LogP contribution < -0.4 is 19.5 Å². The first-order valence-corrected chi connectivity index (χ1v) is 24.1. The summed E-state index contributed by atoms with van der Waals surface area (Å²) in [5.74, 6) is -2.01. The number of hydrogen-bond donors (Lipinski definition) is 3. The number of nitro benzene ring substituents is 1. The second-order valence-corrected chi connectivity index (χ2v) is 17.8. The van der Waals surface area contributed by atoms with Crippen molar-refractivity contribution in [1.29, 1.82) is 0 Å². The van der Waals surface area contributed by atoms with Gasteiger partial charge in [0.1, 0.15) is 29.9 Å². The number of nitrogens with one attached hydrogen (secondary N) is 1. The summed E-state index contributed by atoms with van der Waals surface area (Å²) in [6.45, 7) is 6.49. The second-order valence-electron chi connectivity index (χ2n) is 17.8. The zero-order chi connectivity index (χ0) is 49.0. The summed E-state index contributed by atoms with van der Waals surface area (Å²) in [5.41, 5.74) is 3.72. The van der Waals surface area contributed by atoms with Gasteiger partial charge in [-0.1, -0.05) is 103 Å². The molecule has 15 heteroatoms. The van der Waals surface area contributed by atoms with Gasteiger partial charge in [0.15, 0.2) is 0 Å². The average Bonchev–Trinajstić information content (AvgIpc) is 3.37. The molecule has 5 aromatic rings. The Labute approximate surface area is 407 Å². The third-order valence-electron chi connectivity index (χ3n) is 13.5. The number of aliphatic hydroxyl groups is 2. The Morgan fingerprint density at radius 1 is 0.914 bits per heavy atom. The minimum atomic E-state index is -1.65. The summed E-state index contributed by atoms with van der Waals surface area (Å²) in [7, 11) is 0. The lowest BCUT2D eigenvalue weighted by molar-refractivity contribution is -0.384. The number of fused-ring (bicyclic) bond motifs is 3. The number of benzene rings is 5. The normalized spacial score (nSPS) is 21.6. The molecule has 2 amide bonds. The molecule has 0 spiro atoms. The number of allylic oxidation sites excluding steroid dienone is 1. The highest BCUT2D eigenvalue weighted by atomic mass is 16.7. The molecule has 5 aromatic carbocycles. The minimum absolute atomic E-state index is 0.0187. The van der Waals surface area contributed by atoms with Crippen LogP contribution >= 0.6 is 0 Å². The van der Waals surface area contributed by atoms with Crippen LogP contribution in [0.3, 0.4) is 0 Å². The summed E-state index contributed by atoms with van der Waals surface area (Å²) in [5, 5.41) is 41.2. The first-order chi connectivity index (χ1) is 34.2. The molecule has 3 N–H and O–H groups in total. The fourth-order valence-electron chi connectivity index (χ4n) is 10.5. The van der Waals surface area contributed by atoms with E-state index >= 15 is 4.79 Å². The Morgan fingerprint density at radius 3 is 2.39 bits per heavy atom. The Balaban J connectivity index is 1.36. The van der Waals surface area contributed by atoms with E-state index in [-0.39, 0.29) is 62.7 Å². The van der Waals surface area contributed by atoms with Gasteiger partial charge in [-0.05, 0) is 102 Å². The van der Waals surface area contributed by atoms with Gasteiger partial charge in [-0.15, -0.1) is 6.58 Å². The van der Waals surface area contributed by atoms with Gasteiger partial charge < -0.3 is 39.3 Å². The molecule has 15 nitrogen and oxygen atoms in total. The minimum Gasteiger partial charge on any atom is -0.459 e. The molecule has 2 aliphatic carbocycles. The number of unbranched alkanes of at least 4 members (excludes halogenated alkanes) is 2. The molecule has 0 radical (unpaired) electrons. The van der Waals surface area contributed by atoms with Crippen LogP contribution in [-0.4, -0.2) is 76.1 Å². The predicted molar refractivity (Wildman–Crippen MR) is 265 cm³/mol. The number of amides is 2. The first kappa shape index (κ1) is 49.4. The van der Waals surface area contributed by atoms with Crippen molar-refractivity contribution in [2.24, 2.45) is 22.9 Å². The van der Waals surface area contributed by atoms with E-state index in [2.05, 4.69) is 18.0 Å². The molecule has 1 heterocycles. The zero-order valence-electron chi connectivity index (χ0n) is 39.3. The van der Waals surface area contributed by atoms with Gasteiger partial charge in [0.25, 0.3) is 5.69 Å². The highest BCUT2D eigenvalue weighted by Crippen LogP contribution is 2.62. The lowest BCUT2D eigenvalue weighted by atomic mass is 9.55. The zero-order valence-corrected chi connectivity index (χ0v) is 39.3. The summed E-state index contributed by atoms with van der Waals surface area (Å²) in [6.07, 6.45) is 6.66. The van der Waals surface area contributed by atoms with E-state index < -0.39 is 40.8 Å². The number of nitrogens with zero attached hydrogens (tertiary/aromatic N) is 3. The van der Waals surface area contributed by atoms with Crippen molar-refractivity contribution in [2.75, 3.05) is 26.4 Å². The van der Waals surface area contributed by atoms with Crippen molar-refractivity contribution >= 4 is 34.4 Å². The summed E-state index contributed by atoms with van der Waals surface area (Å²) in [4.78, 5) is 47.2. The number of ether oxygens (including phenoxy) is 4. The maximum Gasteiger partial charge on any atom is 0.416 e. The maximum absolute atomic E-state index is 15.4. The lowest BCUT2D eigenvalue weighted by Crippen LogP contribution is -2.70. The van der Waals surface area contributed by atoms with Gasteiger partial charge in [-0.2, -0.15) is 0 Å². The van der Waals surface area contributed by atoms with Gasteiger partial charge >= 0.3 is 12.2 Å². The molecule has 0 saturated heterocycles. The number of rotatable bonds is 21. The van der Waals surface area contributed by atoms with E-state index in [0.717, 1.165) is 45.9 Å². The van der Waals surface area contributed by atoms with Gasteiger partial charge in [-0.25, -0.2) is 9.59 Å². The van der Waals surface area contributed by atoms with Crippen molar-refractivity contribution in [3.05, 3.63) is 166 Å². The standard InChI is InChI=1S/C55H60N4O11/c1-3-31-66-55-50(58(35-40-20-14-19-38-17-8-9-21-44(38)40)54(63)69-42-25-23-41(24-26-42)59(64)65)34-48(57-67-36-37-15-6-5-7-16-37)46-32-39(18-10-12-29-60)45(22-11-13-30-61)51(52(46)55)47-33-43(27-28-49(47)70-55)68-53(62)56-4-2/h3,5-9,14-17,19-21,23-28,32-33,39,45,50-52,60-61H,1,4,10-13,18,22,29-31,34-36H2,2H3,(H,56,62)/t39-,45+,50-,51+,52+,55+/m0/s1. The molecule has 8 rings (SSSR count). The number of hydrogen-bond acceptors (Lipinski definition) is 12. The topological polar surface area (TPSA) is 192 Å². The van der Waals surface area contributed by atoms with Gasteiger partial charge in [-0.3, -0.25) is 15.0 Å². The Kier molecular flexibility index (Phi) is 16.2. The molecular formula is C55H60N4O11. The van der Waals surface area contributed by atoms with E-state index in [1.807, 2.05) is 85.8 Å². The first-order valence-electron chi connectivity index (χ1n) is 24.1. The molecular weight excluding hydrogens is 893 g/mol. The second kappa shape index (κ2) is 23.0. The highest BCUT2D eigenvalue weighted by molar-refractivity contribution is 6.03. The Bertz CT molecular complexity index is 2690. The van der Waals surface area contributed by atoms with Crippen LogP contribution in [0.4, 0.5) is 15.3 Å². The summed E-state index contributed by atoms with van der Waals surface area (Å²) >= 11 is 0. The van der Waals surface area contributed by atoms with E-state index in [0.29, 0.717) is 49.4 Å². The summed E-state index contributed by atoms with van der Waals surface area (Å²) in [6, 6.07) is 33.2. The molecule has 0 bridgehead atoms. The van der Waals surface area contributed by atoms with Gasteiger partial charge in [0.2, 0.25) is 5.79 Å². The Hall–Kier alpha value is -7.07. The number of nitro groups is 1. The quantitative estimate of drug-likeness (QED) is 0.0274. The molecule has 6 atom stereocenters. The van der Waals surface area contributed by atoms with Crippen LogP contribution in [-0.2, 0) is 22.7 Å². The van der Waals surface area contributed by atoms with Crippen LogP contribution in [0.15, 0.2) is 145 Å². The van der Waals surface area contributed by atoms with E-state index in [9.17, 15) is 25.1 Å². The number of carbonyl (C=O) groups excluding carboxylic acids is 2. The van der Waals surface area contributed by atoms with Crippen molar-refractivity contribution in [1.82, 2.24) is 10.2 Å². The number of aliphatic hydroxyl groups excluding tert-OH is 2. The monoisotopic (exact) mass is 952 g/mol. The number of oxime groups is 1. The summed E-state index contributed by atoms with van der Waals surface area (Å²) < 4.78 is 26.6. The SMILES string of the molecule is C=CCO[C@@]12Oc3ccc(OC(=O)NCC)cc3[C@H]3[C@H](CCCCO)[C@@H](CCCCO)C=C(C(=NOCc4ccccc4)C[C@@H]1N(Cc1cccc4ccccc14)C(=O)Oc1ccc([N+](=O)[O-])cc1)[C@H]32. The van der Waals surface area contributed by atoms with Crippen LogP contribution in [0.25, 0.3) is 10.8 Å². The molecule has 366 valence electrons. The number of non-ortho nitro benzene ring substituents is 1.